The van der Waals surface area contributed by atoms with Gasteiger partial charge in [0, 0.05) is 47.8 Å². The van der Waals surface area contributed by atoms with Gasteiger partial charge >= 0.3 is 6.18 Å². The van der Waals surface area contributed by atoms with Crippen LogP contribution in [0, 0.1) is 6.92 Å². The number of H-pyrrole nitrogens is 1. The van der Waals surface area contributed by atoms with E-state index in [1.807, 2.05) is 60.3 Å². The molecule has 0 spiro atoms. The molecule has 1 aliphatic rings. The molecule has 4 heterocycles. The molecular formula is C34H29F3N6O2. The van der Waals surface area contributed by atoms with Crippen molar-refractivity contribution in [2.45, 2.75) is 32.0 Å². The number of benzene rings is 3. The number of halogens is 3. The van der Waals surface area contributed by atoms with E-state index in [1.54, 1.807) is 11.0 Å². The van der Waals surface area contributed by atoms with Gasteiger partial charge in [0.2, 0.25) is 0 Å². The average molecular weight is 611 g/mol. The molecule has 11 heteroatoms. The average Bonchev–Trinajstić information content (AvgIpc) is 3.69. The number of aliphatic hydroxyl groups is 1. The number of hydrogen-bond acceptors (Lipinski definition) is 5. The maximum absolute atomic E-state index is 13.8. The highest BCUT2D eigenvalue weighted by molar-refractivity contribution is 6.05. The largest absolute Gasteiger partial charge is 0.416 e. The third-order valence-electron chi connectivity index (χ3n) is 8.40. The lowest BCUT2D eigenvalue weighted by molar-refractivity contribution is -0.137. The Bertz CT molecular complexity index is 2060. The Labute approximate surface area is 256 Å². The number of carbonyl (C=O) groups excluding carboxylic acids is 1. The van der Waals surface area contributed by atoms with Gasteiger partial charge in [-0.3, -0.25) is 4.79 Å². The van der Waals surface area contributed by atoms with Crippen LogP contribution in [0.2, 0.25) is 0 Å². The summed E-state index contributed by atoms with van der Waals surface area (Å²) in [4.78, 5) is 27.1. The van der Waals surface area contributed by atoms with Crippen molar-refractivity contribution in [3.63, 3.8) is 0 Å². The first kappa shape index (κ1) is 28.6. The van der Waals surface area contributed by atoms with Crippen molar-refractivity contribution >= 4 is 39.2 Å². The molecule has 1 aliphatic heterocycles. The first-order chi connectivity index (χ1) is 21.6. The third-order valence-corrected chi connectivity index (χ3v) is 8.40. The van der Waals surface area contributed by atoms with Crippen LogP contribution in [-0.2, 0) is 6.18 Å². The van der Waals surface area contributed by atoms with Crippen molar-refractivity contribution in [1.29, 1.82) is 0 Å². The molecule has 0 saturated carbocycles. The van der Waals surface area contributed by atoms with E-state index in [0.29, 0.717) is 37.3 Å². The van der Waals surface area contributed by atoms with Crippen LogP contribution in [0.25, 0.3) is 38.9 Å². The number of aryl methyl sites for hydroxylation is 1. The van der Waals surface area contributed by atoms with Crippen LogP contribution in [0.1, 0.15) is 34.3 Å². The third kappa shape index (κ3) is 5.51. The normalized spacial score (nSPS) is 14.4. The number of amides is 1. The number of nitrogens with zero attached hydrogens (tertiary/aromatic N) is 4. The zero-order chi connectivity index (χ0) is 31.3. The lowest BCUT2D eigenvalue weighted by atomic mass is 9.98. The fourth-order valence-corrected chi connectivity index (χ4v) is 5.96. The van der Waals surface area contributed by atoms with Crippen molar-refractivity contribution in [3.8, 4) is 16.9 Å². The molecule has 6 aromatic rings. The highest BCUT2D eigenvalue weighted by Gasteiger charge is 2.33. The number of aromatic amines is 1. The quantitative estimate of drug-likeness (QED) is 0.193. The van der Waals surface area contributed by atoms with E-state index in [-0.39, 0.29) is 5.56 Å². The molecule has 3 aromatic carbocycles. The number of anilines is 2. The van der Waals surface area contributed by atoms with E-state index in [9.17, 15) is 23.1 Å². The molecule has 0 aliphatic carbocycles. The van der Waals surface area contributed by atoms with Crippen LogP contribution < -0.4 is 10.2 Å². The second-order valence-electron chi connectivity index (χ2n) is 11.4. The highest BCUT2D eigenvalue weighted by Crippen LogP contribution is 2.35. The molecule has 1 fully saturated rings. The van der Waals surface area contributed by atoms with E-state index in [0.717, 1.165) is 56.6 Å². The molecule has 8 nitrogen and oxygen atoms in total. The SMILES string of the molecule is Cc1ccc(NC(=O)c2cc(N3CCC(O)CC3)cc(C(F)(F)F)c2)cc1-c1ccc2ccn(-c3ncnc4[nH]ccc34)c2c1. The molecule has 45 heavy (non-hydrogen) atoms. The minimum Gasteiger partial charge on any atom is -0.393 e. The van der Waals surface area contributed by atoms with Gasteiger partial charge in [-0.1, -0.05) is 18.2 Å². The van der Waals surface area contributed by atoms with Crippen LogP contribution in [-0.4, -0.2) is 49.7 Å². The van der Waals surface area contributed by atoms with Crippen LogP contribution in [0.3, 0.4) is 0 Å². The number of piperidine rings is 1. The summed E-state index contributed by atoms with van der Waals surface area (Å²) < 4.78 is 43.5. The maximum atomic E-state index is 13.8. The molecule has 3 aromatic heterocycles. The van der Waals surface area contributed by atoms with Gasteiger partial charge in [-0.25, -0.2) is 9.97 Å². The van der Waals surface area contributed by atoms with Gasteiger partial charge < -0.3 is 24.9 Å². The van der Waals surface area contributed by atoms with E-state index in [4.69, 9.17) is 0 Å². The summed E-state index contributed by atoms with van der Waals surface area (Å²) >= 11 is 0. The summed E-state index contributed by atoms with van der Waals surface area (Å²) in [5, 5.41) is 14.6. The molecule has 0 bridgehead atoms. The zero-order valence-corrected chi connectivity index (χ0v) is 24.3. The number of carbonyl (C=O) groups is 1. The molecule has 1 amide bonds. The number of nitrogens with one attached hydrogen (secondary N) is 2. The van der Waals surface area contributed by atoms with Crippen molar-refractivity contribution in [2.75, 3.05) is 23.3 Å². The lowest BCUT2D eigenvalue weighted by Gasteiger charge is -2.32. The zero-order valence-electron chi connectivity index (χ0n) is 24.3. The molecular weight excluding hydrogens is 581 g/mol. The molecule has 0 radical (unpaired) electrons. The van der Waals surface area contributed by atoms with E-state index < -0.39 is 23.8 Å². The van der Waals surface area contributed by atoms with Crippen molar-refractivity contribution in [1.82, 2.24) is 19.5 Å². The topological polar surface area (TPSA) is 99.1 Å². The monoisotopic (exact) mass is 610 g/mol. The summed E-state index contributed by atoms with van der Waals surface area (Å²) in [5.74, 6) is 0.102. The highest BCUT2D eigenvalue weighted by atomic mass is 19.4. The smallest absolute Gasteiger partial charge is 0.393 e. The van der Waals surface area contributed by atoms with Gasteiger partial charge in [-0.05, 0) is 85.0 Å². The van der Waals surface area contributed by atoms with Crippen LogP contribution in [0.15, 0.2) is 85.5 Å². The van der Waals surface area contributed by atoms with Crippen molar-refractivity contribution in [3.05, 3.63) is 102 Å². The van der Waals surface area contributed by atoms with Gasteiger partial charge in [0.05, 0.1) is 22.6 Å². The second-order valence-corrected chi connectivity index (χ2v) is 11.4. The number of rotatable bonds is 5. The molecule has 228 valence electrons. The minimum absolute atomic E-state index is 0.0896. The standard InChI is InChI=1S/C34H29F3N6O2/c1-20-2-5-25(41-33(45)23-14-24(34(35,36)37)17-26(15-23)42-11-8-27(44)9-12-42)18-29(20)22-4-3-21-7-13-43(30(21)16-22)32-28-6-10-38-31(28)39-19-40-32/h2-7,10,13-19,27,44H,8-9,11-12H2,1H3,(H,41,45)(H,38,39,40). The minimum atomic E-state index is -4.62. The Morgan fingerprint density at radius 2 is 1.82 bits per heavy atom. The van der Waals surface area contributed by atoms with E-state index in [1.165, 1.54) is 12.4 Å². The van der Waals surface area contributed by atoms with Crippen LogP contribution >= 0.6 is 0 Å². The Hall–Kier alpha value is -5.16. The molecule has 7 rings (SSSR count). The van der Waals surface area contributed by atoms with Gasteiger partial charge in [0.15, 0.2) is 0 Å². The van der Waals surface area contributed by atoms with Gasteiger partial charge in [-0.2, -0.15) is 13.2 Å². The van der Waals surface area contributed by atoms with Crippen molar-refractivity contribution in [2.24, 2.45) is 0 Å². The number of hydrogen-bond donors (Lipinski definition) is 3. The van der Waals surface area contributed by atoms with Gasteiger partial charge in [0.1, 0.15) is 17.8 Å². The maximum Gasteiger partial charge on any atom is 0.416 e. The summed E-state index contributed by atoms with van der Waals surface area (Å²) in [6.45, 7) is 2.78. The number of aromatic nitrogens is 4. The molecule has 1 saturated heterocycles. The Morgan fingerprint density at radius 3 is 2.62 bits per heavy atom. The second kappa shape index (κ2) is 11.1. The van der Waals surface area contributed by atoms with Crippen LogP contribution in [0.4, 0.5) is 24.5 Å². The number of aliphatic hydroxyl groups excluding tert-OH is 1. The van der Waals surface area contributed by atoms with E-state index >= 15 is 0 Å². The van der Waals surface area contributed by atoms with E-state index in [2.05, 4.69) is 26.3 Å². The molecule has 3 N–H and O–H groups in total. The Kier molecular flexibility index (Phi) is 7.04. The van der Waals surface area contributed by atoms with Gasteiger partial charge in [-0.15, -0.1) is 0 Å². The van der Waals surface area contributed by atoms with Crippen molar-refractivity contribution < 1.29 is 23.1 Å². The summed E-state index contributed by atoms with van der Waals surface area (Å²) in [7, 11) is 0. The lowest BCUT2D eigenvalue weighted by Crippen LogP contribution is -2.36. The Morgan fingerprint density at radius 1 is 1.00 bits per heavy atom. The predicted molar refractivity (Wildman–Crippen MR) is 168 cm³/mol. The predicted octanol–water partition coefficient (Wildman–Crippen LogP) is 7.11. The number of fused-ring (bicyclic) bond motifs is 2. The summed E-state index contributed by atoms with van der Waals surface area (Å²) in [6.07, 6.45) is 1.12. The van der Waals surface area contributed by atoms with Crippen LogP contribution in [0.5, 0.6) is 0 Å². The Balaban J connectivity index is 1.21. The first-order valence-corrected chi connectivity index (χ1v) is 14.6. The fourth-order valence-electron chi connectivity index (χ4n) is 5.96. The summed E-state index contributed by atoms with van der Waals surface area (Å²) in [5.41, 5.74) is 4.20. The number of alkyl halides is 3. The summed E-state index contributed by atoms with van der Waals surface area (Å²) in [6, 6.07) is 18.9. The first-order valence-electron chi connectivity index (χ1n) is 14.6. The van der Waals surface area contributed by atoms with Gasteiger partial charge in [0.25, 0.3) is 5.91 Å². The fraction of sp³-hybridized carbons (Fsp3) is 0.206. The molecule has 0 unspecified atom stereocenters. The molecule has 0 atom stereocenters.